The zero-order chi connectivity index (χ0) is 17.4. The van der Waals surface area contributed by atoms with E-state index in [0.717, 1.165) is 32.1 Å². The van der Waals surface area contributed by atoms with Crippen molar-refractivity contribution in [3.05, 3.63) is 12.7 Å². The van der Waals surface area contributed by atoms with Crippen molar-refractivity contribution in [1.29, 1.82) is 0 Å². The number of hydrogen-bond acceptors (Lipinski definition) is 4. The van der Waals surface area contributed by atoms with Crippen LogP contribution in [-0.4, -0.2) is 37.7 Å². The molecular weight excluding hydrogens is 306 g/mol. The lowest BCUT2D eigenvalue weighted by atomic mass is 9.48. The summed E-state index contributed by atoms with van der Waals surface area (Å²) in [5.74, 6) is -0.0158. The van der Waals surface area contributed by atoms with E-state index < -0.39 is 5.79 Å². The molecule has 24 heavy (non-hydrogen) atoms. The van der Waals surface area contributed by atoms with Gasteiger partial charge in [-0.3, -0.25) is 0 Å². The largest absolute Gasteiger partial charge is 0.445 e. The van der Waals surface area contributed by atoms with Gasteiger partial charge in [0, 0.05) is 17.9 Å². The quantitative estimate of drug-likeness (QED) is 0.799. The first kappa shape index (κ1) is 17.7. The number of carbonyl (C=O) groups excluding carboxylic acids is 1. The summed E-state index contributed by atoms with van der Waals surface area (Å²) in [5, 5.41) is 3.12. The van der Waals surface area contributed by atoms with Gasteiger partial charge in [0.25, 0.3) is 0 Å². The number of carbonyl (C=O) groups is 1. The molecule has 1 heterocycles. The average Bonchev–Trinajstić information content (AvgIpc) is 3.02. The molecule has 0 aromatic heterocycles. The standard InChI is InChI=1S/C19H31NO4/c1-5-11-22-16(21)20-15-8-6-7-14-17(2,3)19(23-12-13-24-19)10-9-18(14,15)4/h5,14-15H,1,6-13H2,2-4H3,(H,20,21)/t14-,15?,18-/m0/s1. The fraction of sp³-hybridized carbons (Fsp3) is 0.842. The Morgan fingerprint density at radius 3 is 2.62 bits per heavy atom. The van der Waals surface area contributed by atoms with Gasteiger partial charge in [-0.25, -0.2) is 4.79 Å². The van der Waals surface area contributed by atoms with E-state index in [1.807, 2.05) is 0 Å². The normalized spacial score (nSPS) is 36.8. The molecule has 3 atom stereocenters. The van der Waals surface area contributed by atoms with Crippen molar-refractivity contribution < 1.29 is 19.0 Å². The summed E-state index contributed by atoms with van der Waals surface area (Å²) < 4.78 is 17.4. The smallest absolute Gasteiger partial charge is 0.407 e. The van der Waals surface area contributed by atoms with E-state index in [-0.39, 0.29) is 29.6 Å². The van der Waals surface area contributed by atoms with Gasteiger partial charge in [-0.05, 0) is 30.6 Å². The van der Waals surface area contributed by atoms with Crippen LogP contribution < -0.4 is 5.32 Å². The van der Waals surface area contributed by atoms with Gasteiger partial charge in [0.1, 0.15) is 6.61 Å². The average molecular weight is 337 g/mol. The van der Waals surface area contributed by atoms with Crippen LogP contribution in [0.5, 0.6) is 0 Å². The predicted molar refractivity (Wildman–Crippen MR) is 91.6 cm³/mol. The molecule has 5 nitrogen and oxygen atoms in total. The first-order chi connectivity index (χ1) is 11.4. The Hall–Kier alpha value is -1.07. The van der Waals surface area contributed by atoms with E-state index in [2.05, 4.69) is 32.7 Å². The van der Waals surface area contributed by atoms with E-state index in [9.17, 15) is 4.79 Å². The van der Waals surface area contributed by atoms with Crippen molar-refractivity contribution in [2.24, 2.45) is 16.7 Å². The molecule has 1 aliphatic heterocycles. The first-order valence-corrected chi connectivity index (χ1v) is 9.18. The maximum Gasteiger partial charge on any atom is 0.407 e. The highest BCUT2D eigenvalue weighted by Crippen LogP contribution is 2.63. The van der Waals surface area contributed by atoms with Crippen LogP contribution in [0.2, 0.25) is 0 Å². The Morgan fingerprint density at radius 2 is 1.96 bits per heavy atom. The molecule has 1 saturated heterocycles. The summed E-state index contributed by atoms with van der Waals surface area (Å²) in [6.45, 7) is 12.1. The van der Waals surface area contributed by atoms with Crippen LogP contribution in [0, 0.1) is 16.7 Å². The molecule has 0 aromatic rings. The SMILES string of the molecule is C=CCOC(=O)NC1CCC[C@H]2C(C)(C)C3(CC[C@]12C)OCCO3. The van der Waals surface area contributed by atoms with Crippen LogP contribution in [-0.2, 0) is 14.2 Å². The first-order valence-electron chi connectivity index (χ1n) is 9.18. The number of fused-ring (bicyclic) bond motifs is 1. The van der Waals surface area contributed by atoms with E-state index in [1.54, 1.807) is 6.08 Å². The molecule has 3 fully saturated rings. The minimum atomic E-state index is -0.456. The summed E-state index contributed by atoms with van der Waals surface area (Å²) in [5.41, 5.74) is -0.0443. The zero-order valence-electron chi connectivity index (χ0n) is 15.2. The molecule has 5 heteroatoms. The molecule has 136 valence electrons. The topological polar surface area (TPSA) is 56.8 Å². The lowest BCUT2D eigenvalue weighted by Crippen LogP contribution is -2.64. The van der Waals surface area contributed by atoms with Crippen molar-refractivity contribution in [2.45, 2.75) is 64.7 Å². The Labute approximate surface area is 145 Å². The second-order valence-electron chi connectivity index (χ2n) is 8.24. The molecular formula is C19H31NO4. The third kappa shape index (κ3) is 2.66. The molecule has 2 saturated carbocycles. The fourth-order valence-corrected chi connectivity index (χ4v) is 5.51. The lowest BCUT2D eigenvalue weighted by molar-refractivity contribution is -0.290. The molecule has 0 radical (unpaired) electrons. The van der Waals surface area contributed by atoms with Gasteiger partial charge in [0.05, 0.1) is 13.2 Å². The highest BCUT2D eigenvalue weighted by molar-refractivity contribution is 5.67. The second kappa shape index (κ2) is 6.34. The Bertz CT molecular complexity index is 498. The van der Waals surface area contributed by atoms with Crippen LogP contribution in [0.3, 0.4) is 0 Å². The number of nitrogens with one attached hydrogen (secondary N) is 1. The van der Waals surface area contributed by atoms with Gasteiger partial charge in [-0.15, -0.1) is 0 Å². The molecule has 0 bridgehead atoms. The van der Waals surface area contributed by atoms with Crippen LogP contribution in [0.1, 0.15) is 52.9 Å². The fourth-order valence-electron chi connectivity index (χ4n) is 5.51. The molecule has 1 spiro atoms. The number of ether oxygens (including phenoxy) is 3. The Balaban J connectivity index is 1.80. The van der Waals surface area contributed by atoms with E-state index >= 15 is 0 Å². The minimum Gasteiger partial charge on any atom is -0.445 e. The zero-order valence-corrected chi connectivity index (χ0v) is 15.2. The van der Waals surface area contributed by atoms with Crippen molar-refractivity contribution >= 4 is 6.09 Å². The number of amides is 1. The maximum atomic E-state index is 12.1. The summed E-state index contributed by atoms with van der Waals surface area (Å²) in [6, 6.07) is 0.131. The van der Waals surface area contributed by atoms with Crippen molar-refractivity contribution in [3.8, 4) is 0 Å². The van der Waals surface area contributed by atoms with E-state index in [0.29, 0.717) is 19.1 Å². The van der Waals surface area contributed by atoms with Crippen LogP contribution in [0.15, 0.2) is 12.7 Å². The lowest BCUT2D eigenvalue weighted by Gasteiger charge is -2.62. The van der Waals surface area contributed by atoms with Gasteiger partial charge >= 0.3 is 6.09 Å². The summed E-state index contributed by atoms with van der Waals surface area (Å²) >= 11 is 0. The highest BCUT2D eigenvalue weighted by atomic mass is 16.7. The number of hydrogen-bond donors (Lipinski definition) is 1. The number of rotatable bonds is 3. The van der Waals surface area contributed by atoms with Crippen molar-refractivity contribution in [3.63, 3.8) is 0 Å². The maximum absolute atomic E-state index is 12.1. The summed E-state index contributed by atoms with van der Waals surface area (Å²) in [4.78, 5) is 12.1. The van der Waals surface area contributed by atoms with Crippen LogP contribution in [0.4, 0.5) is 4.79 Å². The summed E-state index contributed by atoms with van der Waals surface area (Å²) in [7, 11) is 0. The van der Waals surface area contributed by atoms with Crippen LogP contribution >= 0.6 is 0 Å². The third-order valence-corrected chi connectivity index (χ3v) is 6.80. The molecule has 1 N–H and O–H groups in total. The van der Waals surface area contributed by atoms with Gasteiger partial charge < -0.3 is 19.5 Å². The molecule has 3 rings (SSSR count). The molecule has 1 amide bonds. The molecule has 0 aromatic carbocycles. The Kier molecular flexibility index (Phi) is 4.69. The number of alkyl carbamates (subject to hydrolysis) is 1. The second-order valence-corrected chi connectivity index (χ2v) is 8.24. The Morgan fingerprint density at radius 1 is 1.25 bits per heavy atom. The van der Waals surface area contributed by atoms with Gasteiger partial charge in [0.2, 0.25) is 0 Å². The highest BCUT2D eigenvalue weighted by Gasteiger charge is 2.64. The van der Waals surface area contributed by atoms with Crippen molar-refractivity contribution in [1.82, 2.24) is 5.32 Å². The molecule has 3 aliphatic rings. The minimum absolute atomic E-state index is 0.0372. The monoisotopic (exact) mass is 337 g/mol. The van der Waals surface area contributed by atoms with Crippen molar-refractivity contribution in [2.75, 3.05) is 19.8 Å². The molecule has 1 unspecified atom stereocenters. The van der Waals surface area contributed by atoms with E-state index in [1.165, 1.54) is 0 Å². The predicted octanol–water partition coefficient (Wildman–Crippen LogP) is 3.64. The molecule has 2 aliphatic carbocycles. The van der Waals surface area contributed by atoms with Crippen LogP contribution in [0.25, 0.3) is 0 Å². The summed E-state index contributed by atoms with van der Waals surface area (Å²) in [6.07, 6.45) is 6.38. The van der Waals surface area contributed by atoms with Gasteiger partial charge in [-0.1, -0.05) is 39.8 Å². The van der Waals surface area contributed by atoms with Gasteiger partial charge in [-0.2, -0.15) is 0 Å². The third-order valence-electron chi connectivity index (χ3n) is 6.80. The van der Waals surface area contributed by atoms with Gasteiger partial charge in [0.15, 0.2) is 5.79 Å². The van der Waals surface area contributed by atoms with E-state index in [4.69, 9.17) is 14.2 Å².